The van der Waals surface area contributed by atoms with E-state index in [9.17, 15) is 31.2 Å². The summed E-state index contributed by atoms with van der Waals surface area (Å²) in [6.07, 6.45) is 6.77. The molecule has 0 spiro atoms. The molecule has 2 aromatic carbocycles. The monoisotopic (exact) mass is 779 g/mol. The van der Waals surface area contributed by atoms with Crippen LogP contribution in [0.3, 0.4) is 0 Å². The number of rotatable bonds is 12. The summed E-state index contributed by atoms with van der Waals surface area (Å²) in [5.74, 6) is -1.92. The van der Waals surface area contributed by atoms with Crippen molar-refractivity contribution in [1.82, 2.24) is 19.5 Å². The van der Waals surface area contributed by atoms with Crippen LogP contribution in [0.4, 0.5) is 5.69 Å². The van der Waals surface area contributed by atoms with Gasteiger partial charge in [-0.1, -0.05) is 47.8 Å². The number of hydrogen-bond acceptors (Lipinski definition) is 10. The number of amides is 2. The third kappa shape index (κ3) is 9.26. The minimum atomic E-state index is -4.34. The summed E-state index contributed by atoms with van der Waals surface area (Å²) < 4.78 is 59.1. The SMILES string of the molecule is CCOC(=O)[C@@H](Cc1ccc(NC(=O)c2c(Cl)cncc2Cl)cc1)NC(=O)[C@@H]1CC(N2CCCCC2)CN1S(=O)(=O)c1cccc(S(C)(=O)=O)c1. The van der Waals surface area contributed by atoms with E-state index in [1.807, 2.05) is 0 Å². The van der Waals surface area contributed by atoms with Gasteiger partial charge >= 0.3 is 5.97 Å². The molecule has 0 saturated carbocycles. The van der Waals surface area contributed by atoms with Gasteiger partial charge in [0.15, 0.2) is 9.84 Å². The number of esters is 1. The molecule has 3 atom stereocenters. The van der Waals surface area contributed by atoms with Gasteiger partial charge in [0.2, 0.25) is 15.9 Å². The van der Waals surface area contributed by atoms with Gasteiger partial charge in [-0.2, -0.15) is 4.31 Å². The van der Waals surface area contributed by atoms with Crippen molar-refractivity contribution in [1.29, 1.82) is 0 Å². The van der Waals surface area contributed by atoms with Crippen molar-refractivity contribution < 1.29 is 36.0 Å². The first kappa shape index (κ1) is 38.6. The Bertz CT molecular complexity index is 1970. The Morgan fingerprint density at radius 2 is 1.61 bits per heavy atom. The quantitative estimate of drug-likeness (QED) is 0.257. The lowest BCUT2D eigenvalue weighted by Gasteiger charge is -2.32. The Balaban J connectivity index is 1.37. The lowest BCUT2D eigenvalue weighted by atomic mass is 10.0. The molecular formula is C34H39Cl2N5O8S2. The van der Waals surface area contributed by atoms with Gasteiger partial charge in [0.1, 0.15) is 12.1 Å². The maximum absolute atomic E-state index is 14.1. The fourth-order valence-corrected chi connectivity index (χ4v) is 9.28. The fraction of sp³-hybridized carbons (Fsp3) is 0.412. The summed E-state index contributed by atoms with van der Waals surface area (Å²) in [5.41, 5.74) is 1.10. The molecule has 51 heavy (non-hydrogen) atoms. The molecule has 2 fully saturated rings. The van der Waals surface area contributed by atoms with Gasteiger partial charge < -0.3 is 15.4 Å². The lowest BCUT2D eigenvalue weighted by Crippen LogP contribution is -2.51. The van der Waals surface area contributed by atoms with Gasteiger partial charge in [-0.3, -0.25) is 19.5 Å². The third-order valence-electron chi connectivity index (χ3n) is 8.90. The van der Waals surface area contributed by atoms with E-state index in [1.54, 1.807) is 31.2 Å². The number of aromatic nitrogens is 1. The highest BCUT2D eigenvalue weighted by Crippen LogP contribution is 2.32. The Labute approximate surface area is 307 Å². The van der Waals surface area contributed by atoms with Crippen LogP contribution in [0, 0.1) is 0 Å². The number of carbonyl (C=O) groups is 3. The van der Waals surface area contributed by atoms with Crippen molar-refractivity contribution in [3.8, 4) is 0 Å². The van der Waals surface area contributed by atoms with Crippen LogP contribution in [0.2, 0.25) is 10.0 Å². The molecule has 5 rings (SSSR count). The number of likely N-dealkylation sites (tertiary alicyclic amines) is 1. The average molecular weight is 781 g/mol. The van der Waals surface area contributed by atoms with Crippen LogP contribution in [0.1, 0.15) is 48.5 Å². The summed E-state index contributed by atoms with van der Waals surface area (Å²) in [6.45, 7) is 3.24. The Kier molecular flexibility index (Phi) is 12.4. The number of carbonyl (C=O) groups excluding carboxylic acids is 3. The number of benzene rings is 2. The van der Waals surface area contributed by atoms with E-state index in [0.717, 1.165) is 49.0 Å². The van der Waals surface area contributed by atoms with Gasteiger partial charge in [-0.05, 0) is 75.2 Å². The number of nitrogens with zero attached hydrogens (tertiary/aromatic N) is 3. The molecular weight excluding hydrogens is 741 g/mol. The van der Waals surface area contributed by atoms with E-state index in [4.69, 9.17) is 27.9 Å². The summed E-state index contributed by atoms with van der Waals surface area (Å²) in [4.78, 5) is 45.6. The van der Waals surface area contributed by atoms with Crippen molar-refractivity contribution in [3.63, 3.8) is 0 Å². The lowest BCUT2D eigenvalue weighted by molar-refractivity contribution is -0.147. The average Bonchev–Trinajstić information content (AvgIpc) is 3.56. The van der Waals surface area contributed by atoms with Crippen LogP contribution in [0.15, 0.2) is 70.7 Å². The number of piperidine rings is 1. The largest absolute Gasteiger partial charge is 0.464 e. The van der Waals surface area contributed by atoms with E-state index in [0.29, 0.717) is 11.3 Å². The van der Waals surface area contributed by atoms with Crippen LogP contribution in [-0.2, 0) is 40.6 Å². The van der Waals surface area contributed by atoms with Gasteiger partial charge in [0, 0.05) is 43.3 Å². The molecule has 2 aliphatic rings. The normalized spacial score (nSPS) is 19.3. The maximum atomic E-state index is 14.1. The van der Waals surface area contributed by atoms with Crippen LogP contribution < -0.4 is 10.6 Å². The van der Waals surface area contributed by atoms with E-state index in [2.05, 4.69) is 20.5 Å². The maximum Gasteiger partial charge on any atom is 0.328 e. The number of nitrogens with one attached hydrogen (secondary N) is 2. The van der Waals surface area contributed by atoms with Crippen LogP contribution in [0.25, 0.3) is 0 Å². The number of sulfonamides is 1. The van der Waals surface area contributed by atoms with Gasteiger partial charge in [0.05, 0.1) is 32.0 Å². The number of halogens is 2. The van der Waals surface area contributed by atoms with Gasteiger partial charge in [0.25, 0.3) is 5.91 Å². The van der Waals surface area contributed by atoms with Crippen LogP contribution in [-0.4, -0.2) is 99.4 Å². The number of hydrogen-bond donors (Lipinski definition) is 2. The summed E-state index contributed by atoms with van der Waals surface area (Å²) >= 11 is 12.2. The first-order chi connectivity index (χ1) is 24.2. The van der Waals surface area contributed by atoms with Crippen molar-refractivity contribution in [2.75, 3.05) is 37.8 Å². The molecule has 17 heteroatoms. The van der Waals surface area contributed by atoms with E-state index < -0.39 is 49.7 Å². The molecule has 1 unspecified atom stereocenters. The number of anilines is 1. The van der Waals surface area contributed by atoms with Crippen molar-refractivity contribution in [2.24, 2.45) is 0 Å². The molecule has 0 bridgehead atoms. The number of pyridine rings is 1. The highest BCUT2D eigenvalue weighted by molar-refractivity contribution is 7.91. The number of ether oxygens (including phenoxy) is 1. The minimum Gasteiger partial charge on any atom is -0.464 e. The molecule has 0 radical (unpaired) electrons. The highest BCUT2D eigenvalue weighted by atomic mass is 35.5. The number of sulfone groups is 1. The van der Waals surface area contributed by atoms with Gasteiger partial charge in [-0.15, -0.1) is 0 Å². The van der Waals surface area contributed by atoms with Crippen molar-refractivity contribution in [2.45, 2.75) is 66.9 Å². The Morgan fingerprint density at radius 1 is 0.961 bits per heavy atom. The zero-order valence-corrected chi connectivity index (χ0v) is 31.2. The van der Waals surface area contributed by atoms with E-state index >= 15 is 0 Å². The van der Waals surface area contributed by atoms with Crippen LogP contribution in [0.5, 0.6) is 0 Å². The summed E-state index contributed by atoms with van der Waals surface area (Å²) in [5, 5.41) is 5.63. The van der Waals surface area contributed by atoms with Crippen LogP contribution >= 0.6 is 23.2 Å². The van der Waals surface area contributed by atoms with E-state index in [1.165, 1.54) is 30.6 Å². The second kappa shape index (κ2) is 16.4. The molecule has 2 aliphatic heterocycles. The second-order valence-electron chi connectivity index (χ2n) is 12.5. The van der Waals surface area contributed by atoms with Crippen molar-refractivity contribution >= 4 is 66.5 Å². The van der Waals surface area contributed by atoms with Crippen molar-refractivity contribution in [3.05, 3.63) is 82.1 Å². The smallest absolute Gasteiger partial charge is 0.328 e. The molecule has 3 heterocycles. The first-order valence-electron chi connectivity index (χ1n) is 16.4. The zero-order chi connectivity index (χ0) is 36.9. The Hall–Kier alpha value is -3.60. The first-order valence-corrected chi connectivity index (χ1v) is 20.5. The van der Waals surface area contributed by atoms with E-state index in [-0.39, 0.29) is 57.4 Å². The predicted octanol–water partition coefficient (Wildman–Crippen LogP) is 3.95. The Morgan fingerprint density at radius 3 is 2.24 bits per heavy atom. The molecule has 13 nitrogen and oxygen atoms in total. The minimum absolute atomic E-state index is 0.00619. The molecule has 2 saturated heterocycles. The predicted molar refractivity (Wildman–Crippen MR) is 192 cm³/mol. The zero-order valence-electron chi connectivity index (χ0n) is 28.0. The third-order valence-corrected chi connectivity index (χ3v) is 12.5. The standard InChI is InChI=1S/C34H39Cl2N5O8S2/c1-3-49-34(44)29(16-22-10-12-23(13-11-22)38-33(43)31-27(35)19-37-20-28(31)36)39-32(42)30-17-24(40-14-5-4-6-15-40)21-41(30)51(47,48)26-9-7-8-25(18-26)50(2,45)46/h7-13,18-20,24,29-30H,3-6,14-17,21H2,1-2H3,(H,38,43)(H,39,42)/t24?,29-,30+/m1/s1. The second-order valence-corrected chi connectivity index (χ2v) is 17.2. The molecule has 0 aliphatic carbocycles. The molecule has 274 valence electrons. The molecule has 2 N–H and O–H groups in total. The fourth-order valence-electron chi connectivity index (χ4n) is 6.32. The topological polar surface area (TPSA) is 172 Å². The molecule has 1 aromatic heterocycles. The summed E-state index contributed by atoms with van der Waals surface area (Å²) in [7, 11) is -8.05. The molecule has 2 amide bonds. The summed E-state index contributed by atoms with van der Waals surface area (Å²) in [6, 6.07) is 9.03. The highest BCUT2D eigenvalue weighted by Gasteiger charge is 2.46. The van der Waals surface area contributed by atoms with Gasteiger partial charge in [-0.25, -0.2) is 21.6 Å². The molecule has 3 aromatic rings.